The number of fused-ring (bicyclic) bond motifs is 3. The summed E-state index contributed by atoms with van der Waals surface area (Å²) in [5.74, 6) is 3.27. The van der Waals surface area contributed by atoms with Crippen LogP contribution in [0.5, 0.6) is 0 Å². The molecule has 7 heteroatoms. The summed E-state index contributed by atoms with van der Waals surface area (Å²) in [6.45, 7) is 5.18. The molecular weight excluding hydrogens is 448 g/mol. The van der Waals surface area contributed by atoms with Crippen LogP contribution in [0.1, 0.15) is 43.4 Å². The Kier molecular flexibility index (Phi) is 5.31. The van der Waals surface area contributed by atoms with Crippen LogP contribution in [0.15, 0.2) is 65.4 Å². The highest BCUT2D eigenvalue weighted by Gasteiger charge is 2.50. The van der Waals surface area contributed by atoms with Crippen LogP contribution in [0, 0.1) is 11.8 Å². The molecule has 3 aliphatic carbocycles. The smallest absolute Gasteiger partial charge is 0.253 e. The van der Waals surface area contributed by atoms with E-state index in [1.165, 1.54) is 29.7 Å². The Morgan fingerprint density at radius 3 is 2.67 bits per heavy atom. The fourth-order valence-corrected chi connectivity index (χ4v) is 5.55. The quantitative estimate of drug-likeness (QED) is 0.464. The standard InChI is InChI=1S/C29H30N6O/c1-2-11-30-27(20-8-9-20)23-18-25-26(22-17-21(22)23)28(34-13-15-36-16-14-34)32-29(31-25)35-12-10-24(33-35)19-6-4-3-5-7-19/h2-7,10-12,18,20-22H,8-9,13-17H2,1H3/b11-2-,30-27?. The average molecular weight is 479 g/mol. The summed E-state index contributed by atoms with van der Waals surface area (Å²) in [5.41, 5.74) is 6.98. The van der Waals surface area contributed by atoms with Gasteiger partial charge in [-0.05, 0) is 55.7 Å². The number of morpholine rings is 1. The molecule has 0 N–H and O–H groups in total. The lowest BCUT2D eigenvalue weighted by Gasteiger charge is -2.31. The number of benzene rings is 1. The molecule has 1 aromatic carbocycles. The zero-order valence-electron chi connectivity index (χ0n) is 20.5. The molecule has 0 amide bonds. The fraction of sp³-hybridized carbons (Fsp3) is 0.379. The maximum absolute atomic E-state index is 5.65. The monoisotopic (exact) mass is 478 g/mol. The van der Waals surface area contributed by atoms with E-state index in [0.717, 1.165) is 55.5 Å². The Balaban J connectivity index is 1.35. The van der Waals surface area contributed by atoms with E-state index in [9.17, 15) is 0 Å². The summed E-state index contributed by atoms with van der Waals surface area (Å²) in [6.07, 6.45) is 11.9. The molecule has 7 rings (SSSR count). The van der Waals surface area contributed by atoms with Gasteiger partial charge in [-0.3, -0.25) is 4.99 Å². The summed E-state index contributed by atoms with van der Waals surface area (Å²) in [6, 6.07) is 12.3. The average Bonchev–Trinajstić information content (AvgIpc) is 3.86. The summed E-state index contributed by atoms with van der Waals surface area (Å²) in [4.78, 5) is 17.5. The number of hydrogen-bond donors (Lipinski definition) is 0. The number of aliphatic imine (C=N–C) groups is 1. The van der Waals surface area contributed by atoms with Crippen LogP contribution in [0.2, 0.25) is 0 Å². The maximum atomic E-state index is 5.65. The van der Waals surface area contributed by atoms with Crippen molar-refractivity contribution in [2.24, 2.45) is 16.8 Å². The lowest BCUT2D eigenvalue weighted by molar-refractivity contribution is 0.122. The highest BCUT2D eigenvalue weighted by molar-refractivity contribution is 6.08. The van der Waals surface area contributed by atoms with Crippen LogP contribution in [-0.2, 0) is 4.74 Å². The molecule has 2 unspecified atom stereocenters. The topological polar surface area (TPSA) is 68.4 Å². The Morgan fingerprint density at radius 2 is 1.89 bits per heavy atom. The van der Waals surface area contributed by atoms with Gasteiger partial charge in [-0.2, -0.15) is 10.1 Å². The van der Waals surface area contributed by atoms with Crippen LogP contribution in [-0.4, -0.2) is 51.8 Å². The Hall–Kier alpha value is -3.58. The minimum Gasteiger partial charge on any atom is -0.378 e. The van der Waals surface area contributed by atoms with Gasteiger partial charge >= 0.3 is 0 Å². The highest BCUT2D eigenvalue weighted by Crippen LogP contribution is 2.59. The van der Waals surface area contributed by atoms with E-state index >= 15 is 0 Å². The molecule has 0 bridgehead atoms. The summed E-state index contributed by atoms with van der Waals surface area (Å²) in [7, 11) is 0. The van der Waals surface area contributed by atoms with Gasteiger partial charge in [0.1, 0.15) is 5.82 Å². The predicted octanol–water partition coefficient (Wildman–Crippen LogP) is 5.05. The van der Waals surface area contributed by atoms with Crippen LogP contribution in [0.3, 0.4) is 0 Å². The molecule has 2 aromatic heterocycles. The summed E-state index contributed by atoms with van der Waals surface area (Å²) >= 11 is 0. The molecule has 2 saturated carbocycles. The summed E-state index contributed by atoms with van der Waals surface area (Å²) in [5, 5.41) is 4.84. The van der Waals surface area contributed by atoms with Crippen molar-refractivity contribution in [1.29, 1.82) is 0 Å². The van der Waals surface area contributed by atoms with Crippen LogP contribution in [0.4, 0.5) is 5.82 Å². The van der Waals surface area contributed by atoms with Crippen molar-refractivity contribution in [2.75, 3.05) is 31.2 Å². The third-order valence-corrected chi connectivity index (χ3v) is 7.59. The van der Waals surface area contributed by atoms with Gasteiger partial charge in [0.25, 0.3) is 5.95 Å². The fourth-order valence-electron chi connectivity index (χ4n) is 5.55. The number of nitrogens with zero attached hydrogens (tertiary/aromatic N) is 6. The second-order valence-electron chi connectivity index (χ2n) is 10.1. The first-order valence-electron chi connectivity index (χ1n) is 13.1. The Bertz CT molecular complexity index is 1380. The molecule has 0 spiro atoms. The van der Waals surface area contributed by atoms with Gasteiger partial charge in [-0.25, -0.2) is 9.67 Å². The van der Waals surface area contributed by atoms with Crippen LogP contribution in [0.25, 0.3) is 23.3 Å². The highest BCUT2D eigenvalue weighted by atomic mass is 16.5. The second kappa shape index (κ2) is 8.82. The van der Waals surface area contributed by atoms with Gasteiger partial charge in [0.15, 0.2) is 0 Å². The first kappa shape index (κ1) is 21.7. The van der Waals surface area contributed by atoms with E-state index in [1.54, 1.807) is 0 Å². The molecule has 3 fully saturated rings. The van der Waals surface area contributed by atoms with Gasteiger partial charge in [-0.1, -0.05) is 36.4 Å². The summed E-state index contributed by atoms with van der Waals surface area (Å²) < 4.78 is 7.47. The number of aromatic nitrogens is 4. The van der Waals surface area contributed by atoms with Crippen LogP contribution >= 0.6 is 0 Å². The van der Waals surface area contributed by atoms with Crippen molar-refractivity contribution >= 4 is 17.6 Å². The van der Waals surface area contributed by atoms with Gasteiger partial charge < -0.3 is 9.64 Å². The van der Waals surface area contributed by atoms with Gasteiger partial charge in [0.05, 0.1) is 24.6 Å². The number of anilines is 1. The van der Waals surface area contributed by atoms with Crippen molar-refractivity contribution in [3.63, 3.8) is 0 Å². The van der Waals surface area contributed by atoms with Gasteiger partial charge in [-0.15, -0.1) is 0 Å². The van der Waals surface area contributed by atoms with Crippen LogP contribution < -0.4 is 4.90 Å². The lowest BCUT2D eigenvalue weighted by atomic mass is 9.91. The zero-order chi connectivity index (χ0) is 24.1. The normalized spacial score (nSPS) is 23.4. The van der Waals surface area contributed by atoms with E-state index < -0.39 is 0 Å². The minimum absolute atomic E-state index is 0.471. The molecule has 4 aliphatic rings. The zero-order valence-corrected chi connectivity index (χ0v) is 20.5. The van der Waals surface area contributed by atoms with E-state index in [1.807, 2.05) is 54.3 Å². The second-order valence-corrected chi connectivity index (χ2v) is 10.1. The third kappa shape index (κ3) is 3.88. The molecule has 3 aromatic rings. The van der Waals surface area contributed by atoms with Gasteiger partial charge in [0, 0.05) is 48.2 Å². The first-order chi connectivity index (χ1) is 17.8. The van der Waals surface area contributed by atoms with Crippen molar-refractivity contribution < 1.29 is 4.74 Å². The Morgan fingerprint density at radius 1 is 1.06 bits per heavy atom. The maximum Gasteiger partial charge on any atom is 0.253 e. The lowest BCUT2D eigenvalue weighted by Crippen LogP contribution is -2.38. The van der Waals surface area contributed by atoms with E-state index in [4.69, 9.17) is 24.8 Å². The predicted molar refractivity (Wildman–Crippen MR) is 141 cm³/mol. The molecule has 7 nitrogen and oxygen atoms in total. The Labute approximate surface area is 211 Å². The molecule has 0 radical (unpaired) electrons. The number of allylic oxidation sites excluding steroid dienone is 2. The largest absolute Gasteiger partial charge is 0.378 e. The van der Waals surface area contributed by atoms with Crippen molar-refractivity contribution in [3.05, 3.63) is 71.7 Å². The first-order valence-corrected chi connectivity index (χ1v) is 13.1. The van der Waals surface area contributed by atoms with E-state index in [0.29, 0.717) is 23.7 Å². The number of rotatable bonds is 6. The van der Waals surface area contributed by atoms with Crippen molar-refractivity contribution in [3.8, 4) is 17.2 Å². The molecule has 182 valence electrons. The third-order valence-electron chi connectivity index (χ3n) is 7.59. The SMILES string of the molecule is C/C=C\N=C(C1=Cc2nc(-n3ccc(-c4ccccc4)n3)nc(N3CCOCC3)c2C2CC12)C1CC1. The van der Waals surface area contributed by atoms with E-state index in [-0.39, 0.29) is 0 Å². The number of hydrogen-bond acceptors (Lipinski definition) is 6. The molecule has 3 heterocycles. The molecule has 2 atom stereocenters. The minimum atomic E-state index is 0.471. The molecule has 36 heavy (non-hydrogen) atoms. The molecular formula is C29H30N6O. The number of ether oxygens (including phenoxy) is 1. The molecule has 1 saturated heterocycles. The molecule has 1 aliphatic heterocycles. The van der Waals surface area contributed by atoms with Crippen molar-refractivity contribution in [2.45, 2.75) is 32.1 Å². The van der Waals surface area contributed by atoms with Gasteiger partial charge in [0.2, 0.25) is 0 Å². The van der Waals surface area contributed by atoms with Crippen molar-refractivity contribution in [1.82, 2.24) is 19.7 Å². The van der Waals surface area contributed by atoms with E-state index in [2.05, 4.69) is 23.1 Å².